The molecule has 158 valence electrons. The fourth-order valence-electron chi connectivity index (χ4n) is 3.67. The quantitative estimate of drug-likeness (QED) is 0.624. The maximum atomic E-state index is 13.2. The van der Waals surface area contributed by atoms with Crippen molar-refractivity contribution in [1.82, 2.24) is 29.4 Å². The van der Waals surface area contributed by atoms with Gasteiger partial charge in [-0.1, -0.05) is 17.7 Å². The molecule has 1 aliphatic rings. The zero-order chi connectivity index (χ0) is 21.3. The van der Waals surface area contributed by atoms with Crippen LogP contribution >= 0.6 is 11.6 Å². The Bertz CT molecular complexity index is 1050. The van der Waals surface area contributed by atoms with E-state index < -0.39 is 0 Å². The third-order valence-electron chi connectivity index (χ3n) is 5.31. The van der Waals surface area contributed by atoms with Crippen molar-refractivity contribution < 1.29 is 9.18 Å². The van der Waals surface area contributed by atoms with Crippen LogP contribution < -0.4 is 0 Å². The van der Waals surface area contributed by atoms with E-state index in [-0.39, 0.29) is 11.7 Å². The van der Waals surface area contributed by atoms with Crippen LogP contribution in [0.5, 0.6) is 0 Å². The average molecular weight is 431 g/mol. The average Bonchev–Trinajstić information content (AvgIpc) is 3.30. The van der Waals surface area contributed by atoms with Gasteiger partial charge in [-0.25, -0.2) is 9.07 Å². The second kappa shape index (κ2) is 8.57. The van der Waals surface area contributed by atoms with Crippen LogP contribution in [0.3, 0.4) is 0 Å². The summed E-state index contributed by atoms with van der Waals surface area (Å²) in [6.07, 6.45) is 1.80. The fourth-order valence-corrected chi connectivity index (χ4v) is 3.90. The van der Waals surface area contributed by atoms with Crippen molar-refractivity contribution in [3.63, 3.8) is 0 Å². The first-order valence-electron chi connectivity index (χ1n) is 9.89. The van der Waals surface area contributed by atoms with E-state index in [1.54, 1.807) is 23.0 Å². The molecule has 0 atom stereocenters. The molecule has 1 saturated heterocycles. The SMILES string of the molecule is Cc1cc(C)n(Cn2ccc(C(=O)N3CCN(Cc4ccc(F)cc4Cl)CC3)n2)n1. The molecule has 30 heavy (non-hydrogen) atoms. The Kier molecular flexibility index (Phi) is 5.87. The smallest absolute Gasteiger partial charge is 0.274 e. The first kappa shape index (κ1) is 20.6. The van der Waals surface area contributed by atoms with Gasteiger partial charge in [-0.05, 0) is 43.7 Å². The van der Waals surface area contributed by atoms with Gasteiger partial charge in [-0.2, -0.15) is 10.2 Å². The number of amides is 1. The minimum absolute atomic E-state index is 0.0680. The normalized spacial score (nSPS) is 15.0. The van der Waals surface area contributed by atoms with E-state index in [1.807, 2.05) is 29.5 Å². The molecule has 1 aromatic carbocycles. The molecule has 9 heteroatoms. The zero-order valence-corrected chi connectivity index (χ0v) is 17.8. The van der Waals surface area contributed by atoms with Crippen molar-refractivity contribution in [1.29, 1.82) is 0 Å². The number of carbonyl (C=O) groups excluding carboxylic acids is 1. The summed E-state index contributed by atoms with van der Waals surface area (Å²) in [5.74, 6) is -0.405. The number of aromatic nitrogens is 4. The molecule has 0 saturated carbocycles. The van der Waals surface area contributed by atoms with Gasteiger partial charge in [0.1, 0.15) is 18.2 Å². The van der Waals surface area contributed by atoms with Gasteiger partial charge < -0.3 is 4.90 Å². The monoisotopic (exact) mass is 430 g/mol. The molecular formula is C21H24ClFN6O. The first-order chi connectivity index (χ1) is 14.4. The highest BCUT2D eigenvalue weighted by Gasteiger charge is 2.24. The summed E-state index contributed by atoms with van der Waals surface area (Å²) in [5, 5.41) is 9.30. The van der Waals surface area contributed by atoms with Crippen molar-refractivity contribution in [3.05, 3.63) is 70.0 Å². The Morgan fingerprint density at radius 2 is 1.87 bits per heavy atom. The Hall–Kier alpha value is -2.71. The molecule has 1 amide bonds. The summed E-state index contributed by atoms with van der Waals surface area (Å²) in [5.41, 5.74) is 3.33. The third kappa shape index (κ3) is 4.55. The highest BCUT2D eigenvalue weighted by Crippen LogP contribution is 2.20. The van der Waals surface area contributed by atoms with Crippen LogP contribution in [0.4, 0.5) is 4.39 Å². The number of rotatable bonds is 5. The Labute approximate surface area is 179 Å². The van der Waals surface area contributed by atoms with Crippen LogP contribution in [0.2, 0.25) is 5.02 Å². The summed E-state index contributed by atoms with van der Waals surface area (Å²) in [6.45, 7) is 7.73. The lowest BCUT2D eigenvalue weighted by atomic mass is 10.2. The summed E-state index contributed by atoms with van der Waals surface area (Å²) < 4.78 is 16.8. The lowest BCUT2D eigenvalue weighted by molar-refractivity contribution is 0.0621. The van der Waals surface area contributed by atoms with Gasteiger partial charge in [0.05, 0.1) is 5.69 Å². The molecule has 3 heterocycles. The highest BCUT2D eigenvalue weighted by atomic mass is 35.5. The lowest BCUT2D eigenvalue weighted by Crippen LogP contribution is -2.48. The molecular weight excluding hydrogens is 407 g/mol. The number of hydrogen-bond donors (Lipinski definition) is 0. The van der Waals surface area contributed by atoms with E-state index in [4.69, 9.17) is 11.6 Å². The molecule has 7 nitrogen and oxygen atoms in total. The van der Waals surface area contributed by atoms with Gasteiger partial charge >= 0.3 is 0 Å². The van der Waals surface area contributed by atoms with E-state index in [0.29, 0.717) is 37.0 Å². The topological polar surface area (TPSA) is 59.2 Å². The second-order valence-electron chi connectivity index (χ2n) is 7.61. The molecule has 0 unspecified atom stereocenters. The van der Waals surface area contributed by atoms with Crippen LogP contribution in [-0.2, 0) is 13.2 Å². The van der Waals surface area contributed by atoms with E-state index in [1.165, 1.54) is 12.1 Å². The number of nitrogens with zero attached hydrogens (tertiary/aromatic N) is 6. The van der Waals surface area contributed by atoms with E-state index in [0.717, 1.165) is 30.0 Å². The largest absolute Gasteiger partial charge is 0.335 e. The van der Waals surface area contributed by atoms with E-state index in [2.05, 4.69) is 15.1 Å². The van der Waals surface area contributed by atoms with Gasteiger partial charge in [0, 0.05) is 49.6 Å². The summed E-state index contributed by atoms with van der Waals surface area (Å²) in [6, 6.07) is 8.22. The zero-order valence-electron chi connectivity index (χ0n) is 17.1. The molecule has 1 aliphatic heterocycles. The summed E-state index contributed by atoms with van der Waals surface area (Å²) >= 11 is 6.13. The highest BCUT2D eigenvalue weighted by molar-refractivity contribution is 6.31. The van der Waals surface area contributed by atoms with Gasteiger partial charge in [0.15, 0.2) is 0 Å². The van der Waals surface area contributed by atoms with Gasteiger partial charge in [0.25, 0.3) is 5.91 Å². The number of hydrogen-bond acceptors (Lipinski definition) is 4. The van der Waals surface area contributed by atoms with Crippen molar-refractivity contribution in [2.24, 2.45) is 0 Å². The number of benzene rings is 1. The predicted molar refractivity (Wildman–Crippen MR) is 112 cm³/mol. The summed E-state index contributed by atoms with van der Waals surface area (Å²) in [7, 11) is 0. The van der Waals surface area contributed by atoms with Gasteiger partial charge in [-0.15, -0.1) is 0 Å². The minimum atomic E-state index is -0.337. The van der Waals surface area contributed by atoms with Crippen LogP contribution in [0.1, 0.15) is 27.4 Å². The van der Waals surface area contributed by atoms with E-state index >= 15 is 0 Å². The van der Waals surface area contributed by atoms with Crippen LogP contribution in [-0.4, -0.2) is 61.4 Å². The standard InChI is InChI=1S/C21H24ClFN6O/c1-15-11-16(2)29(24-15)14-28-6-5-20(25-28)21(30)27-9-7-26(8-10-27)13-17-3-4-18(23)12-19(17)22/h3-6,11-12H,7-10,13-14H2,1-2H3. The first-order valence-corrected chi connectivity index (χ1v) is 10.3. The maximum absolute atomic E-state index is 13.2. The molecule has 3 aromatic rings. The number of carbonyl (C=O) groups is 1. The fraction of sp³-hybridized carbons (Fsp3) is 0.381. The third-order valence-corrected chi connectivity index (χ3v) is 5.66. The predicted octanol–water partition coefficient (Wildman–Crippen LogP) is 2.95. The van der Waals surface area contributed by atoms with Gasteiger partial charge in [0.2, 0.25) is 0 Å². The van der Waals surface area contributed by atoms with Crippen molar-refractivity contribution in [2.75, 3.05) is 26.2 Å². The molecule has 0 aliphatic carbocycles. The van der Waals surface area contributed by atoms with Crippen molar-refractivity contribution in [2.45, 2.75) is 27.1 Å². The lowest BCUT2D eigenvalue weighted by Gasteiger charge is -2.34. The van der Waals surface area contributed by atoms with Crippen LogP contribution in [0.15, 0.2) is 36.5 Å². The minimum Gasteiger partial charge on any atom is -0.335 e. The summed E-state index contributed by atoms with van der Waals surface area (Å²) in [4.78, 5) is 16.9. The van der Waals surface area contributed by atoms with E-state index in [9.17, 15) is 9.18 Å². The number of aryl methyl sites for hydroxylation is 2. The van der Waals surface area contributed by atoms with Crippen molar-refractivity contribution >= 4 is 17.5 Å². The molecule has 1 fully saturated rings. The Morgan fingerprint density at radius 1 is 1.10 bits per heavy atom. The van der Waals surface area contributed by atoms with Crippen LogP contribution in [0, 0.1) is 19.7 Å². The molecule has 0 radical (unpaired) electrons. The molecule has 0 spiro atoms. The maximum Gasteiger partial charge on any atom is 0.274 e. The number of piperazine rings is 1. The van der Waals surface area contributed by atoms with Crippen LogP contribution in [0.25, 0.3) is 0 Å². The van der Waals surface area contributed by atoms with Crippen molar-refractivity contribution in [3.8, 4) is 0 Å². The molecule has 2 aromatic heterocycles. The molecule has 0 N–H and O–H groups in total. The Balaban J connectivity index is 1.33. The Morgan fingerprint density at radius 3 is 2.53 bits per heavy atom. The van der Waals surface area contributed by atoms with Gasteiger partial charge in [-0.3, -0.25) is 14.4 Å². The molecule has 0 bridgehead atoms. The number of halogens is 2. The second-order valence-corrected chi connectivity index (χ2v) is 8.02. The molecule has 4 rings (SSSR count).